The number of aromatic nitrogens is 3. The summed E-state index contributed by atoms with van der Waals surface area (Å²) in [6.07, 6.45) is 6.12. The summed E-state index contributed by atoms with van der Waals surface area (Å²) in [5.41, 5.74) is 1.98. The number of hydrogen-bond acceptors (Lipinski definition) is 5. The van der Waals surface area contributed by atoms with E-state index >= 15 is 0 Å². The molecule has 2 aromatic carbocycles. The second-order valence-electron chi connectivity index (χ2n) is 8.66. The Morgan fingerprint density at radius 1 is 0.971 bits per heavy atom. The lowest BCUT2D eigenvalue weighted by atomic mass is 9.91. The molecule has 0 fully saturated rings. The molecule has 0 bridgehead atoms. The van der Waals surface area contributed by atoms with Gasteiger partial charge >= 0.3 is 0 Å². The van der Waals surface area contributed by atoms with Crippen LogP contribution < -0.4 is 4.90 Å². The van der Waals surface area contributed by atoms with Crippen LogP contribution >= 0.6 is 23.2 Å². The zero-order valence-electron chi connectivity index (χ0n) is 18.8. The zero-order valence-corrected chi connectivity index (χ0v) is 21.1. The van der Waals surface area contributed by atoms with Gasteiger partial charge in [0.25, 0.3) is 5.91 Å². The van der Waals surface area contributed by atoms with E-state index in [1.165, 1.54) is 15.7 Å². The molecule has 0 N–H and O–H groups in total. The molecule has 1 amide bonds. The number of nitrogens with zero attached hydrogens (tertiary/aromatic N) is 4. The predicted molar refractivity (Wildman–Crippen MR) is 136 cm³/mol. The molecule has 2 aromatic heterocycles. The Kier molecular flexibility index (Phi) is 5.70. The molecule has 0 saturated heterocycles. The molecule has 4 aromatic rings. The van der Waals surface area contributed by atoms with E-state index in [1.54, 1.807) is 37.5 Å². The molecule has 10 heteroatoms. The van der Waals surface area contributed by atoms with E-state index in [4.69, 9.17) is 23.2 Å². The second kappa shape index (κ2) is 8.48. The van der Waals surface area contributed by atoms with E-state index in [0.717, 1.165) is 22.9 Å². The van der Waals surface area contributed by atoms with Gasteiger partial charge in [0.2, 0.25) is 5.95 Å². The third-order valence-electron chi connectivity index (χ3n) is 6.05. The SMILES string of the molecule is C[C@@]1(Cc2ccc(-c3cccnc3)cc2)C(=O)N(c2cc(Cl)cc(Cl)c2)c2ncc(S(C)(=O)=O)n21. The largest absolute Gasteiger partial charge is 0.285 e. The topological polar surface area (TPSA) is 85.2 Å². The average molecular weight is 527 g/mol. The van der Waals surface area contributed by atoms with Gasteiger partial charge in [-0.3, -0.25) is 14.3 Å². The van der Waals surface area contributed by atoms with Crippen molar-refractivity contribution in [2.24, 2.45) is 0 Å². The maximum atomic E-state index is 13.9. The standard InChI is InChI=1S/C25H20Cl2N4O3S/c1-25(13-16-5-7-17(8-6-16)18-4-3-9-28-14-18)23(32)30(21-11-19(26)10-20(27)12-21)24-29-15-22(31(24)25)35(2,33)34/h3-12,14-15H,13H2,1-2H3/t25-/m1/s1. The summed E-state index contributed by atoms with van der Waals surface area (Å²) in [7, 11) is -3.67. The normalized spacial score (nSPS) is 17.6. The van der Waals surface area contributed by atoms with E-state index in [-0.39, 0.29) is 23.3 Å². The first-order chi connectivity index (χ1) is 16.6. The highest BCUT2D eigenvalue weighted by Crippen LogP contribution is 2.44. The van der Waals surface area contributed by atoms with Crippen molar-refractivity contribution in [3.63, 3.8) is 0 Å². The summed E-state index contributed by atoms with van der Waals surface area (Å²) < 4.78 is 26.7. The molecule has 0 unspecified atom stereocenters. The fraction of sp³-hybridized carbons (Fsp3) is 0.160. The van der Waals surface area contributed by atoms with Crippen LogP contribution in [0.15, 0.2) is 78.2 Å². The van der Waals surface area contributed by atoms with E-state index in [0.29, 0.717) is 15.7 Å². The van der Waals surface area contributed by atoms with Crippen molar-refractivity contribution in [3.8, 4) is 11.1 Å². The highest BCUT2D eigenvalue weighted by atomic mass is 35.5. The number of pyridine rings is 1. The lowest BCUT2D eigenvalue weighted by molar-refractivity contribution is -0.124. The van der Waals surface area contributed by atoms with Crippen LogP contribution in [0.4, 0.5) is 11.6 Å². The number of hydrogen-bond donors (Lipinski definition) is 0. The zero-order chi connectivity index (χ0) is 25.0. The predicted octanol–water partition coefficient (Wildman–Crippen LogP) is 5.29. The molecule has 3 heterocycles. The first kappa shape index (κ1) is 23.5. The first-order valence-electron chi connectivity index (χ1n) is 10.7. The lowest BCUT2D eigenvalue weighted by Crippen LogP contribution is -2.41. The highest BCUT2D eigenvalue weighted by Gasteiger charge is 2.51. The fourth-order valence-corrected chi connectivity index (χ4v) is 5.81. The molecule has 35 heavy (non-hydrogen) atoms. The molecule has 178 valence electrons. The first-order valence-corrected chi connectivity index (χ1v) is 13.3. The Bertz CT molecular complexity index is 1530. The van der Waals surface area contributed by atoms with Gasteiger partial charge in [-0.1, -0.05) is 53.5 Å². The molecule has 0 spiro atoms. The minimum absolute atomic E-state index is 0.0362. The van der Waals surface area contributed by atoms with Gasteiger partial charge in [0.05, 0.1) is 11.9 Å². The maximum Gasteiger partial charge on any atom is 0.260 e. The number of carbonyl (C=O) groups is 1. The Balaban J connectivity index is 1.60. The van der Waals surface area contributed by atoms with E-state index < -0.39 is 15.4 Å². The van der Waals surface area contributed by atoms with Crippen LogP contribution in [0.2, 0.25) is 10.0 Å². The third-order valence-corrected chi connectivity index (χ3v) is 7.53. The number of halogens is 2. The van der Waals surface area contributed by atoms with Crippen molar-refractivity contribution >= 4 is 50.6 Å². The lowest BCUT2D eigenvalue weighted by Gasteiger charge is -2.26. The summed E-state index contributed by atoms with van der Waals surface area (Å²) in [4.78, 5) is 23.8. The minimum Gasteiger partial charge on any atom is -0.285 e. The van der Waals surface area contributed by atoms with E-state index in [9.17, 15) is 13.2 Å². The smallest absolute Gasteiger partial charge is 0.260 e. The number of rotatable bonds is 5. The number of amides is 1. The van der Waals surface area contributed by atoms with Gasteiger partial charge in [0.15, 0.2) is 14.9 Å². The summed E-state index contributed by atoms with van der Waals surface area (Å²) in [5.74, 6) is -0.136. The Morgan fingerprint density at radius 3 is 2.26 bits per heavy atom. The molecule has 7 nitrogen and oxygen atoms in total. The third kappa shape index (κ3) is 4.11. The van der Waals surface area contributed by atoms with Crippen LogP contribution in [-0.4, -0.2) is 35.1 Å². The number of fused-ring (bicyclic) bond motifs is 1. The average Bonchev–Trinajstić information content (AvgIpc) is 3.33. The second-order valence-corrected chi connectivity index (χ2v) is 11.5. The van der Waals surface area contributed by atoms with Crippen LogP contribution in [0.1, 0.15) is 12.5 Å². The molecule has 0 radical (unpaired) electrons. The number of anilines is 2. The molecule has 0 aliphatic carbocycles. The van der Waals surface area contributed by atoms with Crippen molar-refractivity contribution in [3.05, 3.63) is 88.8 Å². The monoisotopic (exact) mass is 526 g/mol. The Labute approximate surface area is 212 Å². The van der Waals surface area contributed by atoms with Gasteiger partial charge in [-0.2, -0.15) is 0 Å². The van der Waals surface area contributed by atoms with Gasteiger partial charge in [0.1, 0.15) is 5.54 Å². The number of imidazole rings is 1. The van der Waals surface area contributed by atoms with Crippen molar-refractivity contribution in [2.45, 2.75) is 23.9 Å². The van der Waals surface area contributed by atoms with Crippen molar-refractivity contribution in [1.82, 2.24) is 14.5 Å². The van der Waals surface area contributed by atoms with Crippen LogP contribution in [0.25, 0.3) is 11.1 Å². The van der Waals surface area contributed by atoms with Gasteiger partial charge < -0.3 is 0 Å². The number of sulfone groups is 1. The van der Waals surface area contributed by atoms with Crippen LogP contribution in [0.3, 0.4) is 0 Å². The van der Waals surface area contributed by atoms with E-state index in [1.807, 2.05) is 36.4 Å². The molecule has 5 rings (SSSR count). The minimum atomic E-state index is -3.67. The van der Waals surface area contributed by atoms with Gasteiger partial charge in [0, 0.05) is 35.1 Å². The Morgan fingerprint density at radius 2 is 1.66 bits per heavy atom. The summed E-state index contributed by atoms with van der Waals surface area (Å²) in [6, 6.07) is 16.3. The molecular formula is C25H20Cl2N4O3S. The summed E-state index contributed by atoms with van der Waals surface area (Å²) >= 11 is 12.4. The molecule has 1 aliphatic rings. The van der Waals surface area contributed by atoms with Crippen LogP contribution in [0.5, 0.6) is 0 Å². The van der Waals surface area contributed by atoms with Gasteiger partial charge in [-0.25, -0.2) is 18.3 Å². The number of carbonyl (C=O) groups excluding carboxylic acids is 1. The van der Waals surface area contributed by atoms with Crippen molar-refractivity contribution in [2.75, 3.05) is 11.2 Å². The van der Waals surface area contributed by atoms with Gasteiger partial charge in [-0.15, -0.1) is 0 Å². The van der Waals surface area contributed by atoms with E-state index in [2.05, 4.69) is 9.97 Å². The van der Waals surface area contributed by atoms with Crippen molar-refractivity contribution < 1.29 is 13.2 Å². The van der Waals surface area contributed by atoms with Crippen LogP contribution in [-0.2, 0) is 26.6 Å². The summed E-state index contributed by atoms with van der Waals surface area (Å²) in [6.45, 7) is 1.72. The van der Waals surface area contributed by atoms with Crippen molar-refractivity contribution in [1.29, 1.82) is 0 Å². The maximum absolute atomic E-state index is 13.9. The van der Waals surface area contributed by atoms with Gasteiger partial charge in [-0.05, 0) is 47.9 Å². The molecule has 1 aliphatic heterocycles. The number of benzene rings is 2. The highest BCUT2D eigenvalue weighted by molar-refractivity contribution is 7.90. The molecule has 1 atom stereocenters. The van der Waals surface area contributed by atoms with Crippen LogP contribution in [0, 0.1) is 0 Å². The summed E-state index contributed by atoms with van der Waals surface area (Å²) in [5, 5.41) is 0.661. The molecule has 0 saturated carbocycles. The molecular weight excluding hydrogens is 507 g/mol. The quantitative estimate of drug-likeness (QED) is 0.352. The Hall–Kier alpha value is -3.20. The fourth-order valence-electron chi connectivity index (χ4n) is 4.44.